The third-order valence-corrected chi connectivity index (χ3v) is 6.06. The van der Waals surface area contributed by atoms with Crippen LogP contribution in [0.4, 0.5) is 5.69 Å². The maximum atomic E-state index is 13.3. The normalized spacial score (nSPS) is 17.7. The van der Waals surface area contributed by atoms with E-state index in [9.17, 15) is 9.59 Å². The molecule has 2 aromatic rings. The van der Waals surface area contributed by atoms with Gasteiger partial charge in [-0.25, -0.2) is 0 Å². The van der Waals surface area contributed by atoms with Crippen LogP contribution in [0.2, 0.25) is 0 Å². The summed E-state index contributed by atoms with van der Waals surface area (Å²) >= 11 is 0. The molecule has 2 aromatic carbocycles. The van der Waals surface area contributed by atoms with Gasteiger partial charge in [0.1, 0.15) is 5.75 Å². The van der Waals surface area contributed by atoms with Crippen LogP contribution < -0.4 is 9.64 Å². The molecule has 2 amide bonds. The lowest BCUT2D eigenvalue weighted by molar-refractivity contribution is -0.124. The molecule has 2 aliphatic rings. The van der Waals surface area contributed by atoms with Gasteiger partial charge in [-0.05, 0) is 69.5 Å². The molecule has 0 aromatic heterocycles. The molecule has 5 nitrogen and oxygen atoms in total. The van der Waals surface area contributed by atoms with Gasteiger partial charge in [0.15, 0.2) is 0 Å². The lowest BCUT2D eigenvalue weighted by Gasteiger charge is -2.38. The number of hydrogen-bond donors (Lipinski definition) is 0. The number of nitrogens with zero attached hydrogens (tertiary/aromatic N) is 2. The molecule has 152 valence electrons. The summed E-state index contributed by atoms with van der Waals surface area (Å²) in [6.07, 6.45) is 1.43. The zero-order valence-corrected chi connectivity index (χ0v) is 17.4. The molecule has 0 N–H and O–H groups in total. The number of anilines is 1. The molecule has 4 rings (SSSR count). The third kappa shape index (κ3) is 3.28. The number of amides is 2. The first kappa shape index (κ1) is 19.5. The fourth-order valence-electron chi connectivity index (χ4n) is 4.62. The Morgan fingerprint density at radius 3 is 2.34 bits per heavy atom. The third-order valence-electron chi connectivity index (χ3n) is 6.06. The van der Waals surface area contributed by atoms with Crippen molar-refractivity contribution in [1.29, 1.82) is 0 Å². The van der Waals surface area contributed by atoms with Crippen molar-refractivity contribution < 1.29 is 14.3 Å². The number of likely N-dealkylation sites (tertiary alicyclic amines) is 1. The molecule has 0 radical (unpaired) electrons. The summed E-state index contributed by atoms with van der Waals surface area (Å²) in [5.74, 6) is 0.965. The van der Waals surface area contributed by atoms with Crippen molar-refractivity contribution >= 4 is 17.5 Å². The minimum Gasteiger partial charge on any atom is -0.491 e. The second-order valence-electron chi connectivity index (χ2n) is 8.13. The van der Waals surface area contributed by atoms with E-state index in [1.54, 1.807) is 0 Å². The largest absolute Gasteiger partial charge is 0.491 e. The van der Waals surface area contributed by atoms with Crippen LogP contribution in [-0.2, 0) is 10.2 Å². The second-order valence-corrected chi connectivity index (χ2v) is 8.13. The molecular weight excluding hydrogens is 364 g/mol. The number of likely N-dealkylation sites (N-methyl/N-ethyl adjacent to an activating group) is 1. The van der Waals surface area contributed by atoms with E-state index in [0.717, 1.165) is 17.0 Å². The van der Waals surface area contributed by atoms with Gasteiger partial charge in [0.2, 0.25) is 5.91 Å². The number of fused-ring (bicyclic) bond motifs is 2. The summed E-state index contributed by atoms with van der Waals surface area (Å²) in [5.41, 5.74) is 2.32. The van der Waals surface area contributed by atoms with Gasteiger partial charge in [0, 0.05) is 30.9 Å². The number of carbonyl (C=O) groups is 2. The van der Waals surface area contributed by atoms with Gasteiger partial charge in [-0.1, -0.05) is 18.2 Å². The summed E-state index contributed by atoms with van der Waals surface area (Å²) in [6.45, 7) is 7.81. The number of ether oxygens (including phenoxy) is 1. The Morgan fingerprint density at radius 2 is 1.72 bits per heavy atom. The van der Waals surface area contributed by atoms with Crippen LogP contribution in [0, 0.1) is 0 Å². The topological polar surface area (TPSA) is 49.9 Å². The predicted octanol–water partition coefficient (Wildman–Crippen LogP) is 4.01. The lowest BCUT2D eigenvalue weighted by Crippen LogP contribution is -2.50. The van der Waals surface area contributed by atoms with Crippen molar-refractivity contribution in [1.82, 2.24) is 4.90 Å². The average Bonchev–Trinajstić information content (AvgIpc) is 2.96. The van der Waals surface area contributed by atoms with Crippen molar-refractivity contribution in [2.75, 3.05) is 24.5 Å². The maximum absolute atomic E-state index is 13.3. The molecule has 1 fully saturated rings. The molecule has 0 aliphatic carbocycles. The van der Waals surface area contributed by atoms with Gasteiger partial charge in [-0.15, -0.1) is 0 Å². The SMILES string of the molecule is CCN1C(=O)C2(CCN(C(=O)c3ccc(OC(C)C)cc3)CC2)c2ccccc21. The highest BCUT2D eigenvalue weighted by molar-refractivity contribution is 6.08. The first-order chi connectivity index (χ1) is 14.0. The Balaban J connectivity index is 1.49. The van der Waals surface area contributed by atoms with Gasteiger partial charge in [0.25, 0.3) is 5.91 Å². The minimum absolute atomic E-state index is 0.0158. The van der Waals surface area contributed by atoms with Crippen LogP contribution in [0.5, 0.6) is 5.75 Å². The molecule has 1 spiro atoms. The van der Waals surface area contributed by atoms with Gasteiger partial charge in [-0.2, -0.15) is 0 Å². The number of rotatable bonds is 4. The van der Waals surface area contributed by atoms with E-state index < -0.39 is 5.41 Å². The Kier molecular flexibility index (Phi) is 5.07. The zero-order valence-electron chi connectivity index (χ0n) is 17.4. The van der Waals surface area contributed by atoms with Crippen molar-refractivity contribution in [3.05, 3.63) is 59.7 Å². The molecule has 29 heavy (non-hydrogen) atoms. The van der Waals surface area contributed by atoms with Gasteiger partial charge >= 0.3 is 0 Å². The smallest absolute Gasteiger partial charge is 0.253 e. The Morgan fingerprint density at radius 1 is 1.07 bits per heavy atom. The summed E-state index contributed by atoms with van der Waals surface area (Å²) in [4.78, 5) is 30.0. The highest BCUT2D eigenvalue weighted by Crippen LogP contribution is 2.47. The molecule has 1 saturated heterocycles. The van der Waals surface area contributed by atoms with Crippen LogP contribution in [0.25, 0.3) is 0 Å². The lowest BCUT2D eigenvalue weighted by atomic mass is 9.73. The monoisotopic (exact) mass is 392 g/mol. The van der Waals surface area contributed by atoms with Crippen molar-refractivity contribution in [2.24, 2.45) is 0 Å². The van der Waals surface area contributed by atoms with Gasteiger partial charge in [-0.3, -0.25) is 9.59 Å². The number of hydrogen-bond acceptors (Lipinski definition) is 3. The number of para-hydroxylation sites is 1. The summed E-state index contributed by atoms with van der Waals surface area (Å²) in [5, 5.41) is 0. The quantitative estimate of drug-likeness (QED) is 0.790. The summed E-state index contributed by atoms with van der Waals surface area (Å²) < 4.78 is 5.66. The zero-order chi connectivity index (χ0) is 20.6. The van der Waals surface area contributed by atoms with Crippen LogP contribution in [0.3, 0.4) is 0 Å². The van der Waals surface area contributed by atoms with Crippen molar-refractivity contribution in [2.45, 2.75) is 45.1 Å². The molecule has 0 bridgehead atoms. The molecule has 0 saturated carbocycles. The second kappa shape index (κ2) is 7.54. The Bertz CT molecular complexity index is 912. The highest BCUT2D eigenvalue weighted by atomic mass is 16.5. The fourth-order valence-corrected chi connectivity index (χ4v) is 4.62. The predicted molar refractivity (Wildman–Crippen MR) is 113 cm³/mol. The van der Waals surface area contributed by atoms with E-state index in [4.69, 9.17) is 4.74 Å². The van der Waals surface area contributed by atoms with E-state index in [1.165, 1.54) is 0 Å². The van der Waals surface area contributed by atoms with Crippen LogP contribution in [-0.4, -0.2) is 42.5 Å². The Hall–Kier alpha value is -2.82. The molecule has 2 heterocycles. The Labute approximate surface area is 172 Å². The average molecular weight is 392 g/mol. The van der Waals surface area contributed by atoms with Crippen molar-refractivity contribution in [3.63, 3.8) is 0 Å². The first-order valence-corrected chi connectivity index (χ1v) is 10.4. The van der Waals surface area contributed by atoms with Gasteiger partial charge in [0.05, 0.1) is 11.5 Å². The first-order valence-electron chi connectivity index (χ1n) is 10.4. The molecule has 0 atom stereocenters. The standard InChI is InChI=1S/C24H28N2O3/c1-4-26-21-8-6-5-7-20(21)24(23(26)28)13-15-25(16-14-24)22(27)18-9-11-19(12-10-18)29-17(2)3/h5-12,17H,4,13-16H2,1-3H3. The van der Waals surface area contributed by atoms with Crippen molar-refractivity contribution in [3.8, 4) is 5.75 Å². The van der Waals surface area contributed by atoms with E-state index in [-0.39, 0.29) is 17.9 Å². The fraction of sp³-hybridized carbons (Fsp3) is 0.417. The van der Waals surface area contributed by atoms with Crippen LogP contribution >= 0.6 is 0 Å². The molecule has 2 aliphatic heterocycles. The maximum Gasteiger partial charge on any atom is 0.253 e. The van der Waals surface area contributed by atoms with E-state index in [2.05, 4.69) is 6.07 Å². The van der Waals surface area contributed by atoms with E-state index >= 15 is 0 Å². The van der Waals surface area contributed by atoms with Crippen LogP contribution in [0.15, 0.2) is 48.5 Å². The molecule has 5 heteroatoms. The highest BCUT2D eigenvalue weighted by Gasteiger charge is 2.51. The van der Waals surface area contributed by atoms with E-state index in [1.807, 2.05) is 73.0 Å². The van der Waals surface area contributed by atoms with Crippen LogP contribution in [0.1, 0.15) is 49.5 Å². The van der Waals surface area contributed by atoms with Gasteiger partial charge < -0.3 is 14.5 Å². The summed E-state index contributed by atoms with van der Waals surface area (Å²) in [6, 6.07) is 15.4. The minimum atomic E-state index is -0.488. The number of carbonyl (C=O) groups excluding carboxylic acids is 2. The van der Waals surface area contributed by atoms with E-state index in [0.29, 0.717) is 38.0 Å². The number of piperidine rings is 1. The summed E-state index contributed by atoms with van der Waals surface area (Å²) in [7, 11) is 0. The number of benzene rings is 2. The molecule has 0 unspecified atom stereocenters. The molecular formula is C24H28N2O3.